The molecule has 0 saturated heterocycles. The van der Waals surface area contributed by atoms with Crippen molar-refractivity contribution in [3.05, 3.63) is 46.1 Å². The summed E-state index contributed by atoms with van der Waals surface area (Å²) in [6.07, 6.45) is -3.64. The number of nitrogens with two attached hydrogens (primary N) is 1. The van der Waals surface area contributed by atoms with Crippen LogP contribution in [0.15, 0.2) is 30.5 Å². The molecule has 0 spiro atoms. The number of anilines is 3. The van der Waals surface area contributed by atoms with Crippen molar-refractivity contribution in [3.8, 4) is 0 Å². The number of nitrogens with one attached hydrogen (secondary N) is 4. The van der Waals surface area contributed by atoms with E-state index in [0.717, 1.165) is 12.3 Å². The standard InChI is InChI=1S/C15H14Cl2F3N5O/c16-9-1-2-11(12(6-9)25-14(21)26)22-3-4-23-13-10(17)5-8(7-24-13)15(18,19)20/h1-2,5-7,22H,3-4H2,(H,23,24)(H3,21,25,26)/p+1. The molecule has 26 heavy (non-hydrogen) atoms. The van der Waals surface area contributed by atoms with Gasteiger partial charge in [-0.05, 0) is 24.3 Å². The predicted octanol–water partition coefficient (Wildman–Crippen LogP) is 3.84. The molecule has 0 unspecified atom stereocenters. The minimum absolute atomic E-state index is 0.0811. The molecule has 0 aliphatic heterocycles. The lowest BCUT2D eigenvalue weighted by Crippen LogP contribution is -2.23. The fourth-order valence-electron chi connectivity index (χ4n) is 2.06. The maximum atomic E-state index is 12.6. The van der Waals surface area contributed by atoms with Crippen LogP contribution in [0.2, 0.25) is 10.0 Å². The predicted molar refractivity (Wildman–Crippen MR) is 94.6 cm³/mol. The van der Waals surface area contributed by atoms with Gasteiger partial charge in [-0.2, -0.15) is 13.2 Å². The minimum Gasteiger partial charge on any atom is -0.379 e. The largest absolute Gasteiger partial charge is 0.419 e. The molecule has 2 amide bonds. The van der Waals surface area contributed by atoms with E-state index >= 15 is 0 Å². The van der Waals surface area contributed by atoms with Crippen LogP contribution in [0.4, 0.5) is 35.2 Å². The van der Waals surface area contributed by atoms with E-state index in [1.54, 1.807) is 12.1 Å². The summed E-state index contributed by atoms with van der Waals surface area (Å²) in [6, 6.07) is 4.92. The van der Waals surface area contributed by atoms with E-state index in [1.807, 2.05) is 0 Å². The van der Waals surface area contributed by atoms with Crippen LogP contribution in [0, 0.1) is 0 Å². The first-order valence-corrected chi connectivity index (χ1v) is 8.04. The van der Waals surface area contributed by atoms with Gasteiger partial charge in [-0.15, -0.1) is 0 Å². The topological polar surface area (TPSA) is 93.3 Å². The Morgan fingerprint density at radius 3 is 2.42 bits per heavy atom. The van der Waals surface area contributed by atoms with Gasteiger partial charge in [0.2, 0.25) is 0 Å². The van der Waals surface area contributed by atoms with Gasteiger partial charge in [0, 0.05) is 5.02 Å². The maximum Gasteiger partial charge on any atom is 0.419 e. The monoisotopic (exact) mass is 408 g/mol. The third-order valence-corrected chi connectivity index (χ3v) is 3.74. The van der Waals surface area contributed by atoms with E-state index < -0.39 is 17.8 Å². The van der Waals surface area contributed by atoms with Crippen molar-refractivity contribution in [2.24, 2.45) is 5.73 Å². The number of primary amides is 1. The second-order valence-corrected chi connectivity index (χ2v) is 5.99. The van der Waals surface area contributed by atoms with Crippen molar-refractivity contribution in [1.82, 2.24) is 0 Å². The number of halogens is 5. The summed E-state index contributed by atoms with van der Waals surface area (Å²) in [5.41, 5.74) is 5.22. The Morgan fingerprint density at radius 1 is 1.12 bits per heavy atom. The van der Waals surface area contributed by atoms with Gasteiger partial charge in [-0.1, -0.05) is 23.2 Å². The molecule has 1 aromatic heterocycles. The van der Waals surface area contributed by atoms with Gasteiger partial charge in [-0.25, -0.2) is 9.78 Å². The summed E-state index contributed by atoms with van der Waals surface area (Å²) < 4.78 is 37.8. The minimum atomic E-state index is -4.47. The highest BCUT2D eigenvalue weighted by atomic mass is 35.5. The first kappa shape index (κ1) is 19.9. The summed E-state index contributed by atoms with van der Waals surface area (Å²) in [4.78, 5) is 13.5. The van der Waals surface area contributed by atoms with Crippen molar-refractivity contribution in [2.75, 3.05) is 29.0 Å². The van der Waals surface area contributed by atoms with Crippen LogP contribution in [-0.2, 0) is 6.18 Å². The van der Waals surface area contributed by atoms with Gasteiger partial charge in [0.1, 0.15) is 17.8 Å². The zero-order chi connectivity index (χ0) is 19.3. The van der Waals surface area contributed by atoms with E-state index in [-0.39, 0.29) is 10.8 Å². The zero-order valence-corrected chi connectivity index (χ0v) is 14.7. The van der Waals surface area contributed by atoms with E-state index in [2.05, 4.69) is 20.9 Å². The average molecular weight is 409 g/mol. The molecule has 1 aromatic carbocycles. The third kappa shape index (κ3) is 5.57. The van der Waals surface area contributed by atoms with Crippen molar-refractivity contribution < 1.29 is 22.9 Å². The molecular formula is C15H15Cl2F3N5O+. The SMILES string of the molecule is NC(=O)Nc1cc(Cl)ccc1NCCNc1[nH+]cc(C(F)(F)F)cc1Cl. The smallest absolute Gasteiger partial charge is 0.379 e. The van der Waals surface area contributed by atoms with Gasteiger partial charge >= 0.3 is 12.2 Å². The highest BCUT2D eigenvalue weighted by Gasteiger charge is 2.32. The summed E-state index contributed by atoms with van der Waals surface area (Å²) in [6.45, 7) is 0.709. The quantitative estimate of drug-likeness (QED) is 0.547. The number of aromatic nitrogens is 1. The van der Waals surface area contributed by atoms with Gasteiger partial charge in [0.05, 0.1) is 23.5 Å². The molecule has 1 heterocycles. The van der Waals surface area contributed by atoms with Crippen LogP contribution in [0.25, 0.3) is 0 Å². The highest BCUT2D eigenvalue weighted by molar-refractivity contribution is 6.32. The van der Waals surface area contributed by atoms with E-state index in [1.165, 1.54) is 6.07 Å². The Labute approximate surface area is 156 Å². The number of carbonyl (C=O) groups is 1. The molecule has 140 valence electrons. The van der Waals surface area contributed by atoms with Gasteiger partial charge < -0.3 is 16.4 Å². The molecule has 0 aliphatic carbocycles. The van der Waals surface area contributed by atoms with Crippen LogP contribution in [0.1, 0.15) is 5.56 Å². The molecule has 6 N–H and O–H groups in total. The lowest BCUT2D eigenvalue weighted by molar-refractivity contribution is -0.364. The number of amides is 2. The number of pyridine rings is 1. The Bertz CT molecular complexity index is 801. The fourth-order valence-corrected chi connectivity index (χ4v) is 2.47. The number of rotatable bonds is 6. The second kappa shape index (κ2) is 8.33. The highest BCUT2D eigenvalue weighted by Crippen LogP contribution is 2.31. The van der Waals surface area contributed by atoms with Crippen LogP contribution < -0.4 is 26.7 Å². The summed E-state index contributed by atoms with van der Waals surface area (Å²) in [5.74, 6) is 0.257. The molecule has 0 radical (unpaired) electrons. The fraction of sp³-hybridized carbons (Fsp3) is 0.200. The molecule has 2 rings (SSSR count). The number of aromatic amines is 1. The molecule has 0 saturated carbocycles. The molecule has 6 nitrogen and oxygen atoms in total. The molecule has 11 heteroatoms. The second-order valence-electron chi connectivity index (χ2n) is 5.14. The van der Waals surface area contributed by atoms with Gasteiger partial charge in [0.15, 0.2) is 0 Å². The first-order chi connectivity index (χ1) is 12.2. The van der Waals surface area contributed by atoms with Crippen LogP contribution in [0.3, 0.4) is 0 Å². The number of carbonyl (C=O) groups excluding carboxylic acids is 1. The number of hydrogen-bond donors (Lipinski definition) is 4. The summed E-state index contributed by atoms with van der Waals surface area (Å²) in [7, 11) is 0. The number of alkyl halides is 3. The molecule has 0 aliphatic rings. The maximum absolute atomic E-state index is 12.6. The Hall–Kier alpha value is -2.39. The molecule has 0 bridgehead atoms. The Morgan fingerprint density at radius 2 is 1.81 bits per heavy atom. The normalized spacial score (nSPS) is 11.1. The van der Waals surface area contributed by atoms with Crippen molar-refractivity contribution >= 4 is 46.4 Å². The van der Waals surface area contributed by atoms with E-state index in [4.69, 9.17) is 28.9 Å². The van der Waals surface area contributed by atoms with Crippen LogP contribution in [-0.4, -0.2) is 19.1 Å². The first-order valence-electron chi connectivity index (χ1n) is 7.29. The Kier molecular flexibility index (Phi) is 6.38. The number of hydrogen-bond acceptors (Lipinski definition) is 3. The molecule has 0 fully saturated rings. The van der Waals surface area contributed by atoms with Crippen LogP contribution >= 0.6 is 23.2 Å². The number of H-pyrrole nitrogens is 1. The van der Waals surface area contributed by atoms with E-state index in [9.17, 15) is 18.0 Å². The summed E-state index contributed by atoms with van der Waals surface area (Å²) in [5, 5.41) is 8.70. The van der Waals surface area contributed by atoms with Crippen molar-refractivity contribution in [3.63, 3.8) is 0 Å². The van der Waals surface area contributed by atoms with Crippen LogP contribution in [0.5, 0.6) is 0 Å². The number of urea groups is 1. The van der Waals surface area contributed by atoms with Gasteiger partial charge in [-0.3, -0.25) is 5.32 Å². The third-order valence-electron chi connectivity index (χ3n) is 3.20. The lowest BCUT2D eigenvalue weighted by Gasteiger charge is -2.12. The van der Waals surface area contributed by atoms with Crippen molar-refractivity contribution in [1.29, 1.82) is 0 Å². The lowest BCUT2D eigenvalue weighted by atomic mass is 10.2. The number of benzene rings is 1. The zero-order valence-electron chi connectivity index (χ0n) is 13.2. The van der Waals surface area contributed by atoms with Gasteiger partial charge in [0.25, 0.3) is 5.82 Å². The Balaban J connectivity index is 1.94. The summed E-state index contributed by atoms with van der Waals surface area (Å²) >= 11 is 11.7. The molecular weight excluding hydrogens is 394 g/mol. The van der Waals surface area contributed by atoms with E-state index in [0.29, 0.717) is 29.5 Å². The van der Waals surface area contributed by atoms with Crippen molar-refractivity contribution in [2.45, 2.75) is 6.18 Å². The molecule has 2 aromatic rings. The molecule has 0 atom stereocenters. The average Bonchev–Trinajstić information content (AvgIpc) is 2.53.